The van der Waals surface area contributed by atoms with Crippen molar-refractivity contribution in [1.29, 1.82) is 0 Å². The molecule has 0 aliphatic rings. The summed E-state index contributed by atoms with van der Waals surface area (Å²) in [7, 11) is 1.71. The molecular formula is C12H18ClN3O2. The number of aromatic nitrogens is 1. The van der Waals surface area contributed by atoms with Crippen molar-refractivity contribution in [2.45, 2.75) is 25.8 Å². The lowest BCUT2D eigenvalue weighted by Crippen LogP contribution is -2.35. The zero-order valence-electron chi connectivity index (χ0n) is 10.5. The Labute approximate surface area is 112 Å². The molecule has 0 aliphatic heterocycles. The Morgan fingerprint density at radius 2 is 2.28 bits per heavy atom. The van der Waals surface area contributed by atoms with Crippen LogP contribution in [-0.4, -0.2) is 35.7 Å². The van der Waals surface area contributed by atoms with Crippen LogP contribution in [0.15, 0.2) is 12.1 Å². The number of halogens is 1. The third-order valence-electron chi connectivity index (χ3n) is 2.62. The van der Waals surface area contributed by atoms with Crippen molar-refractivity contribution in [2.75, 3.05) is 19.0 Å². The normalized spacial score (nSPS) is 12.0. The number of amides is 1. The molecule has 0 fully saturated rings. The molecule has 0 saturated heterocycles. The van der Waals surface area contributed by atoms with Gasteiger partial charge in [0.15, 0.2) is 0 Å². The molecule has 0 saturated carbocycles. The van der Waals surface area contributed by atoms with Crippen LogP contribution >= 0.6 is 11.6 Å². The molecule has 1 unspecified atom stereocenters. The van der Waals surface area contributed by atoms with Crippen molar-refractivity contribution in [3.63, 3.8) is 0 Å². The lowest BCUT2D eigenvalue weighted by Gasteiger charge is -2.16. The Morgan fingerprint density at radius 1 is 1.56 bits per heavy atom. The number of hydrogen-bond acceptors (Lipinski definition) is 4. The van der Waals surface area contributed by atoms with Gasteiger partial charge in [-0.1, -0.05) is 18.5 Å². The maximum Gasteiger partial charge on any atom is 0.251 e. The zero-order chi connectivity index (χ0) is 13.5. The van der Waals surface area contributed by atoms with E-state index in [4.69, 9.17) is 16.7 Å². The molecule has 1 heterocycles. The van der Waals surface area contributed by atoms with Crippen molar-refractivity contribution >= 4 is 23.3 Å². The van der Waals surface area contributed by atoms with Gasteiger partial charge in [-0.3, -0.25) is 4.79 Å². The fourth-order valence-corrected chi connectivity index (χ4v) is 1.77. The highest BCUT2D eigenvalue weighted by Crippen LogP contribution is 2.14. The minimum atomic E-state index is -0.212. The summed E-state index contributed by atoms with van der Waals surface area (Å²) in [5, 5.41) is 14.8. The predicted molar refractivity (Wildman–Crippen MR) is 72.0 cm³/mol. The molecule has 0 spiro atoms. The molecule has 6 heteroatoms. The monoisotopic (exact) mass is 271 g/mol. The van der Waals surface area contributed by atoms with Crippen LogP contribution in [-0.2, 0) is 0 Å². The Balaban J connectivity index is 2.79. The summed E-state index contributed by atoms with van der Waals surface area (Å²) in [4.78, 5) is 16.0. The van der Waals surface area contributed by atoms with Crippen LogP contribution in [0, 0.1) is 0 Å². The quantitative estimate of drug-likeness (QED) is 0.688. The summed E-state index contributed by atoms with van der Waals surface area (Å²) >= 11 is 5.83. The number of hydrogen-bond donors (Lipinski definition) is 3. The Bertz CT molecular complexity index is 412. The molecule has 1 rings (SSSR count). The van der Waals surface area contributed by atoms with Crippen LogP contribution in [0.1, 0.15) is 30.1 Å². The number of carbonyl (C=O) groups is 1. The van der Waals surface area contributed by atoms with Crippen LogP contribution in [0.25, 0.3) is 0 Å². The number of pyridine rings is 1. The van der Waals surface area contributed by atoms with Crippen molar-refractivity contribution in [1.82, 2.24) is 10.3 Å². The number of aliphatic hydroxyl groups excluding tert-OH is 1. The van der Waals surface area contributed by atoms with Crippen molar-refractivity contribution < 1.29 is 9.90 Å². The summed E-state index contributed by atoms with van der Waals surface area (Å²) in [6.45, 7) is 2.01. The van der Waals surface area contributed by atoms with E-state index < -0.39 is 0 Å². The second kappa shape index (κ2) is 7.18. The summed E-state index contributed by atoms with van der Waals surface area (Å²) in [5.74, 6) is 0.332. The lowest BCUT2D eigenvalue weighted by molar-refractivity contribution is 0.0929. The predicted octanol–water partition coefficient (Wildman–Crippen LogP) is 1.67. The molecule has 0 bridgehead atoms. The summed E-state index contributed by atoms with van der Waals surface area (Å²) < 4.78 is 0. The summed E-state index contributed by atoms with van der Waals surface area (Å²) in [6.07, 6.45) is 1.31. The average Bonchev–Trinajstić information content (AvgIpc) is 2.37. The third-order valence-corrected chi connectivity index (χ3v) is 2.81. The van der Waals surface area contributed by atoms with E-state index in [-0.39, 0.29) is 23.7 Å². The Morgan fingerprint density at radius 3 is 2.83 bits per heavy atom. The van der Waals surface area contributed by atoms with E-state index in [1.165, 1.54) is 6.07 Å². The first-order valence-electron chi connectivity index (χ1n) is 5.87. The molecule has 5 nitrogen and oxygen atoms in total. The smallest absolute Gasteiger partial charge is 0.251 e. The lowest BCUT2D eigenvalue weighted by atomic mass is 10.1. The molecule has 1 amide bonds. The second-order valence-corrected chi connectivity index (χ2v) is 4.29. The van der Waals surface area contributed by atoms with Gasteiger partial charge in [-0.2, -0.15) is 0 Å². The molecule has 1 atom stereocenters. The van der Waals surface area contributed by atoms with Crippen LogP contribution in [0.3, 0.4) is 0 Å². The van der Waals surface area contributed by atoms with Gasteiger partial charge in [0.25, 0.3) is 5.91 Å². The number of nitrogens with one attached hydrogen (secondary N) is 2. The van der Waals surface area contributed by atoms with Gasteiger partial charge < -0.3 is 15.7 Å². The standard InChI is InChI=1S/C12H18ClN3O2/c1-3-9(4-5-17)15-12(18)8-6-10(13)16-11(7-8)14-2/h6-7,9,17H,3-5H2,1-2H3,(H,14,16)(H,15,18). The highest BCUT2D eigenvalue weighted by molar-refractivity contribution is 6.29. The fourth-order valence-electron chi connectivity index (χ4n) is 1.56. The van der Waals surface area contributed by atoms with E-state index in [0.717, 1.165) is 6.42 Å². The van der Waals surface area contributed by atoms with E-state index >= 15 is 0 Å². The molecular weight excluding hydrogens is 254 g/mol. The van der Waals surface area contributed by atoms with E-state index in [1.807, 2.05) is 6.92 Å². The SMILES string of the molecule is CCC(CCO)NC(=O)c1cc(Cl)nc(NC)c1. The van der Waals surface area contributed by atoms with E-state index in [9.17, 15) is 4.79 Å². The minimum absolute atomic E-state index is 0.0347. The summed E-state index contributed by atoms with van der Waals surface area (Å²) in [5.41, 5.74) is 0.454. The molecule has 0 aliphatic carbocycles. The van der Waals surface area contributed by atoms with Crippen LogP contribution in [0.2, 0.25) is 5.15 Å². The van der Waals surface area contributed by atoms with Crippen LogP contribution in [0.4, 0.5) is 5.82 Å². The molecule has 1 aromatic rings. The molecule has 18 heavy (non-hydrogen) atoms. The molecule has 0 radical (unpaired) electrons. The maximum absolute atomic E-state index is 12.0. The number of anilines is 1. The van der Waals surface area contributed by atoms with Gasteiger partial charge in [-0.25, -0.2) is 4.98 Å². The largest absolute Gasteiger partial charge is 0.396 e. The van der Waals surface area contributed by atoms with E-state index in [0.29, 0.717) is 17.8 Å². The molecule has 0 aromatic carbocycles. The average molecular weight is 272 g/mol. The van der Waals surface area contributed by atoms with E-state index in [2.05, 4.69) is 15.6 Å². The Kier molecular flexibility index (Phi) is 5.88. The van der Waals surface area contributed by atoms with Crippen LogP contribution < -0.4 is 10.6 Å². The number of nitrogens with zero attached hydrogens (tertiary/aromatic N) is 1. The number of aliphatic hydroxyl groups is 1. The van der Waals surface area contributed by atoms with E-state index in [1.54, 1.807) is 13.1 Å². The first-order valence-corrected chi connectivity index (χ1v) is 6.25. The maximum atomic E-state index is 12.0. The van der Waals surface area contributed by atoms with Gasteiger partial charge >= 0.3 is 0 Å². The van der Waals surface area contributed by atoms with Crippen molar-refractivity contribution in [3.8, 4) is 0 Å². The van der Waals surface area contributed by atoms with Gasteiger partial charge in [0.1, 0.15) is 11.0 Å². The van der Waals surface area contributed by atoms with Crippen molar-refractivity contribution in [3.05, 3.63) is 22.8 Å². The molecule has 3 N–H and O–H groups in total. The minimum Gasteiger partial charge on any atom is -0.396 e. The number of carbonyl (C=O) groups excluding carboxylic acids is 1. The highest BCUT2D eigenvalue weighted by Gasteiger charge is 2.13. The second-order valence-electron chi connectivity index (χ2n) is 3.90. The number of rotatable bonds is 6. The topological polar surface area (TPSA) is 74.2 Å². The van der Waals surface area contributed by atoms with Gasteiger partial charge in [0, 0.05) is 25.3 Å². The zero-order valence-corrected chi connectivity index (χ0v) is 11.3. The van der Waals surface area contributed by atoms with Crippen LogP contribution in [0.5, 0.6) is 0 Å². The van der Waals surface area contributed by atoms with Gasteiger partial charge in [-0.15, -0.1) is 0 Å². The first kappa shape index (κ1) is 14.7. The van der Waals surface area contributed by atoms with Gasteiger partial charge in [-0.05, 0) is 25.0 Å². The Hall–Kier alpha value is -1.33. The van der Waals surface area contributed by atoms with Gasteiger partial charge in [0.05, 0.1) is 0 Å². The fraction of sp³-hybridized carbons (Fsp3) is 0.500. The summed E-state index contributed by atoms with van der Waals surface area (Å²) in [6, 6.07) is 3.11. The van der Waals surface area contributed by atoms with Crippen molar-refractivity contribution in [2.24, 2.45) is 0 Å². The third kappa shape index (κ3) is 4.16. The van der Waals surface area contributed by atoms with Gasteiger partial charge in [0.2, 0.25) is 0 Å². The highest BCUT2D eigenvalue weighted by atomic mass is 35.5. The first-order chi connectivity index (χ1) is 8.60. The molecule has 100 valence electrons. The molecule has 1 aromatic heterocycles.